The van der Waals surface area contributed by atoms with Gasteiger partial charge >= 0.3 is 5.97 Å². The zero-order chi connectivity index (χ0) is 12.5. The summed E-state index contributed by atoms with van der Waals surface area (Å²) in [5.74, 6) is -0.212. The van der Waals surface area contributed by atoms with Crippen LogP contribution in [-0.4, -0.2) is 41.8 Å². The highest BCUT2D eigenvalue weighted by atomic mass is 16.5. The molecule has 2 heterocycles. The van der Waals surface area contributed by atoms with Gasteiger partial charge in [-0.2, -0.15) is 0 Å². The number of hydrogen-bond acceptors (Lipinski definition) is 5. The number of nitrogens with zero attached hydrogens (tertiary/aromatic N) is 1. The predicted octanol–water partition coefficient (Wildman–Crippen LogP) is 1.02. The van der Waals surface area contributed by atoms with Gasteiger partial charge in [0.25, 0.3) is 0 Å². The molecule has 1 aromatic rings. The first-order valence-electron chi connectivity index (χ1n) is 5.67. The van der Waals surface area contributed by atoms with Gasteiger partial charge in [-0.05, 0) is 12.5 Å². The van der Waals surface area contributed by atoms with Crippen molar-refractivity contribution in [1.29, 1.82) is 0 Å². The number of carbonyl (C=O) groups is 1. The number of esters is 1. The van der Waals surface area contributed by atoms with Crippen molar-refractivity contribution in [3.63, 3.8) is 0 Å². The van der Waals surface area contributed by atoms with Gasteiger partial charge in [0.2, 0.25) is 5.76 Å². The minimum atomic E-state index is -0.560. The highest BCUT2D eigenvalue weighted by molar-refractivity contribution is 5.87. The lowest BCUT2D eigenvalue weighted by atomic mass is 9.91. The maximum atomic E-state index is 11.4. The molecule has 1 aromatic heterocycles. The molecule has 0 spiro atoms. The Bertz CT molecular complexity index is 406. The fourth-order valence-corrected chi connectivity index (χ4v) is 2.09. The van der Waals surface area contributed by atoms with Crippen molar-refractivity contribution < 1.29 is 19.1 Å². The molecule has 0 atom stereocenters. The van der Waals surface area contributed by atoms with E-state index in [1.807, 2.05) is 6.92 Å². The summed E-state index contributed by atoms with van der Waals surface area (Å²) in [6, 6.07) is 1.76. The van der Waals surface area contributed by atoms with E-state index in [1.54, 1.807) is 6.07 Å². The Morgan fingerprint density at radius 2 is 2.35 bits per heavy atom. The quantitative estimate of drug-likeness (QED) is 0.795. The Labute approximate surface area is 100.0 Å². The summed E-state index contributed by atoms with van der Waals surface area (Å²) in [6.45, 7) is 3.84. The summed E-state index contributed by atoms with van der Waals surface area (Å²) in [7, 11) is 1.33. The molecule has 94 valence electrons. The number of furan rings is 1. The lowest BCUT2D eigenvalue weighted by Gasteiger charge is -2.46. The first-order chi connectivity index (χ1) is 8.08. The molecule has 0 radical (unpaired) electrons. The highest BCUT2D eigenvalue weighted by Crippen LogP contribution is 2.26. The van der Waals surface area contributed by atoms with Gasteiger partial charge in [0.1, 0.15) is 0 Å². The van der Waals surface area contributed by atoms with Crippen molar-refractivity contribution in [2.45, 2.75) is 25.5 Å². The molecule has 0 bridgehead atoms. The molecule has 17 heavy (non-hydrogen) atoms. The molecule has 5 heteroatoms. The molecule has 1 aliphatic heterocycles. The third kappa shape index (κ3) is 2.35. The normalized spacial score (nSPS) is 18.8. The summed E-state index contributed by atoms with van der Waals surface area (Å²) >= 11 is 0. The minimum Gasteiger partial charge on any atom is -0.463 e. The van der Waals surface area contributed by atoms with E-state index in [9.17, 15) is 9.90 Å². The van der Waals surface area contributed by atoms with Gasteiger partial charge in [0.05, 0.1) is 19.0 Å². The lowest BCUT2D eigenvalue weighted by Crippen LogP contribution is -2.60. The van der Waals surface area contributed by atoms with Gasteiger partial charge in [-0.15, -0.1) is 0 Å². The molecule has 0 saturated carbocycles. The largest absolute Gasteiger partial charge is 0.463 e. The van der Waals surface area contributed by atoms with E-state index in [4.69, 9.17) is 4.42 Å². The molecule has 1 fully saturated rings. The van der Waals surface area contributed by atoms with Crippen LogP contribution in [0.5, 0.6) is 0 Å². The molecule has 0 unspecified atom stereocenters. The van der Waals surface area contributed by atoms with Crippen LogP contribution in [0.4, 0.5) is 0 Å². The van der Waals surface area contributed by atoms with Crippen molar-refractivity contribution >= 4 is 5.97 Å². The SMILES string of the molecule is CCC1(O)CN(Cc2ccoc2C(=O)OC)C1. The lowest BCUT2D eigenvalue weighted by molar-refractivity contribution is -0.103. The van der Waals surface area contributed by atoms with Crippen LogP contribution >= 0.6 is 0 Å². The van der Waals surface area contributed by atoms with Crippen molar-refractivity contribution in [3.05, 3.63) is 23.7 Å². The summed E-state index contributed by atoms with van der Waals surface area (Å²) in [4.78, 5) is 13.5. The Morgan fingerprint density at radius 1 is 1.65 bits per heavy atom. The highest BCUT2D eigenvalue weighted by Gasteiger charge is 2.39. The molecule has 2 rings (SSSR count). The summed E-state index contributed by atoms with van der Waals surface area (Å²) in [5.41, 5.74) is 0.241. The van der Waals surface area contributed by atoms with E-state index in [0.717, 1.165) is 12.0 Å². The topological polar surface area (TPSA) is 62.9 Å². The Hall–Kier alpha value is -1.33. The van der Waals surface area contributed by atoms with Crippen molar-refractivity contribution in [2.24, 2.45) is 0 Å². The van der Waals surface area contributed by atoms with Crippen LogP contribution in [0.3, 0.4) is 0 Å². The summed E-state index contributed by atoms with van der Waals surface area (Å²) in [5, 5.41) is 9.89. The number of β-amino-alcohol motifs (C(OH)–C–C–N with tert-alkyl or cyclic N) is 1. The van der Waals surface area contributed by atoms with Crippen LogP contribution in [0.25, 0.3) is 0 Å². The van der Waals surface area contributed by atoms with Gasteiger partial charge in [0.15, 0.2) is 0 Å². The second kappa shape index (κ2) is 4.50. The third-order valence-corrected chi connectivity index (χ3v) is 3.21. The van der Waals surface area contributed by atoms with Gasteiger partial charge < -0.3 is 14.3 Å². The molecule has 1 saturated heterocycles. The first-order valence-corrected chi connectivity index (χ1v) is 5.67. The Morgan fingerprint density at radius 3 is 2.94 bits per heavy atom. The van der Waals surface area contributed by atoms with E-state index in [1.165, 1.54) is 13.4 Å². The fraction of sp³-hybridized carbons (Fsp3) is 0.583. The number of rotatable bonds is 4. The predicted molar refractivity (Wildman–Crippen MR) is 60.6 cm³/mol. The van der Waals surface area contributed by atoms with Gasteiger partial charge in [0, 0.05) is 25.2 Å². The zero-order valence-corrected chi connectivity index (χ0v) is 10.1. The van der Waals surface area contributed by atoms with Crippen molar-refractivity contribution in [2.75, 3.05) is 20.2 Å². The summed E-state index contributed by atoms with van der Waals surface area (Å²) in [6.07, 6.45) is 2.23. The summed E-state index contributed by atoms with van der Waals surface area (Å²) < 4.78 is 9.73. The van der Waals surface area contributed by atoms with E-state index < -0.39 is 11.6 Å². The average molecular weight is 239 g/mol. The number of methoxy groups -OCH3 is 1. The molecule has 1 aliphatic rings. The van der Waals surface area contributed by atoms with E-state index in [-0.39, 0.29) is 5.76 Å². The second-order valence-corrected chi connectivity index (χ2v) is 4.49. The van der Waals surface area contributed by atoms with Crippen LogP contribution in [0.1, 0.15) is 29.5 Å². The van der Waals surface area contributed by atoms with Gasteiger partial charge in [-0.3, -0.25) is 4.90 Å². The second-order valence-electron chi connectivity index (χ2n) is 4.49. The van der Waals surface area contributed by atoms with Crippen molar-refractivity contribution in [3.8, 4) is 0 Å². The molecule has 0 aliphatic carbocycles. The molecule has 1 N–H and O–H groups in total. The molecular formula is C12H17NO4. The maximum Gasteiger partial charge on any atom is 0.374 e. The van der Waals surface area contributed by atoms with E-state index >= 15 is 0 Å². The smallest absolute Gasteiger partial charge is 0.374 e. The minimum absolute atomic E-state index is 0.249. The number of likely N-dealkylation sites (tertiary alicyclic amines) is 1. The monoisotopic (exact) mass is 239 g/mol. The van der Waals surface area contributed by atoms with Crippen LogP contribution in [-0.2, 0) is 11.3 Å². The molecule has 0 amide bonds. The molecule has 0 aromatic carbocycles. The molecular weight excluding hydrogens is 222 g/mol. The number of aliphatic hydroxyl groups is 1. The molecule has 5 nitrogen and oxygen atoms in total. The maximum absolute atomic E-state index is 11.4. The Balaban J connectivity index is 1.97. The standard InChI is InChI=1S/C12H17NO4/c1-3-12(15)7-13(8-12)6-9-4-5-17-10(9)11(14)16-2/h4-5,15H,3,6-8H2,1-2H3. The Kier molecular flexibility index (Phi) is 3.22. The van der Waals surface area contributed by atoms with Gasteiger partial charge in [-0.25, -0.2) is 4.79 Å². The van der Waals surface area contributed by atoms with E-state index in [0.29, 0.717) is 19.6 Å². The van der Waals surface area contributed by atoms with E-state index in [2.05, 4.69) is 9.64 Å². The van der Waals surface area contributed by atoms with Gasteiger partial charge in [-0.1, -0.05) is 6.92 Å². The van der Waals surface area contributed by atoms with Crippen LogP contribution in [0, 0.1) is 0 Å². The number of hydrogen-bond donors (Lipinski definition) is 1. The zero-order valence-electron chi connectivity index (χ0n) is 10.1. The fourth-order valence-electron chi connectivity index (χ4n) is 2.09. The average Bonchev–Trinajstić information content (AvgIpc) is 2.74. The number of ether oxygens (including phenoxy) is 1. The first kappa shape index (κ1) is 12.1. The van der Waals surface area contributed by atoms with Crippen LogP contribution in [0.15, 0.2) is 16.7 Å². The third-order valence-electron chi connectivity index (χ3n) is 3.21. The van der Waals surface area contributed by atoms with Crippen molar-refractivity contribution in [1.82, 2.24) is 4.90 Å². The van der Waals surface area contributed by atoms with Crippen LogP contribution < -0.4 is 0 Å². The van der Waals surface area contributed by atoms with Crippen LogP contribution in [0.2, 0.25) is 0 Å². The number of carbonyl (C=O) groups excluding carboxylic acids is 1.